The number of rotatable bonds is 4. The number of thiophene rings is 1. The number of nitrogens with zero attached hydrogens (tertiary/aromatic N) is 3. The second kappa shape index (κ2) is 7.10. The first-order chi connectivity index (χ1) is 12.5. The van der Waals surface area contributed by atoms with Gasteiger partial charge in [0.2, 0.25) is 0 Å². The number of thiazole rings is 1. The van der Waals surface area contributed by atoms with Crippen molar-refractivity contribution < 1.29 is 0 Å². The van der Waals surface area contributed by atoms with Crippen molar-refractivity contribution in [1.29, 1.82) is 0 Å². The number of hydrogen-bond acceptors (Lipinski definition) is 6. The van der Waals surface area contributed by atoms with Crippen LogP contribution in [-0.2, 0) is 5.75 Å². The van der Waals surface area contributed by atoms with Crippen molar-refractivity contribution in [2.75, 3.05) is 0 Å². The molecular weight excluding hydrogens is 378 g/mol. The Morgan fingerprint density at radius 1 is 0.962 bits per heavy atom. The fourth-order valence-corrected chi connectivity index (χ4v) is 5.86. The van der Waals surface area contributed by atoms with E-state index in [0.29, 0.717) is 0 Å². The maximum Gasteiger partial charge on any atom is 0.128 e. The van der Waals surface area contributed by atoms with Gasteiger partial charge in [-0.2, -0.15) is 0 Å². The van der Waals surface area contributed by atoms with Gasteiger partial charge in [0.05, 0.1) is 5.69 Å². The predicted molar refractivity (Wildman–Crippen MR) is 113 cm³/mol. The van der Waals surface area contributed by atoms with Gasteiger partial charge in [-0.05, 0) is 33.3 Å². The third-order valence-corrected chi connectivity index (χ3v) is 7.36. The van der Waals surface area contributed by atoms with Gasteiger partial charge in [-0.25, -0.2) is 15.0 Å². The van der Waals surface area contributed by atoms with E-state index in [1.807, 2.05) is 6.92 Å². The van der Waals surface area contributed by atoms with Gasteiger partial charge in [-0.15, -0.1) is 22.7 Å². The summed E-state index contributed by atoms with van der Waals surface area (Å²) in [5, 5.41) is 5.50. The molecule has 0 aliphatic heterocycles. The molecule has 0 unspecified atom stereocenters. The van der Waals surface area contributed by atoms with Gasteiger partial charge in [0, 0.05) is 27.0 Å². The molecule has 0 fully saturated rings. The van der Waals surface area contributed by atoms with Crippen LogP contribution in [0.15, 0.2) is 34.7 Å². The van der Waals surface area contributed by atoms with Crippen molar-refractivity contribution in [3.05, 3.63) is 57.2 Å². The minimum Gasteiger partial charge on any atom is -0.240 e. The van der Waals surface area contributed by atoms with E-state index in [4.69, 9.17) is 9.97 Å². The lowest BCUT2D eigenvalue weighted by atomic mass is 10.2. The van der Waals surface area contributed by atoms with E-state index in [9.17, 15) is 0 Å². The van der Waals surface area contributed by atoms with Crippen LogP contribution in [0.2, 0.25) is 0 Å². The summed E-state index contributed by atoms with van der Waals surface area (Å²) >= 11 is 5.21. The summed E-state index contributed by atoms with van der Waals surface area (Å²) in [4.78, 5) is 16.5. The highest BCUT2D eigenvalue weighted by atomic mass is 32.2. The number of fused-ring (bicyclic) bond motifs is 1. The highest BCUT2D eigenvalue weighted by Crippen LogP contribution is 2.36. The quantitative estimate of drug-likeness (QED) is 0.297. The number of aromatic nitrogens is 3. The molecule has 0 aliphatic rings. The van der Waals surface area contributed by atoms with E-state index in [1.54, 1.807) is 34.4 Å². The van der Waals surface area contributed by atoms with Crippen molar-refractivity contribution in [1.82, 2.24) is 15.0 Å². The van der Waals surface area contributed by atoms with Crippen LogP contribution in [-0.4, -0.2) is 15.0 Å². The van der Waals surface area contributed by atoms with E-state index in [2.05, 4.69) is 55.4 Å². The Kier molecular flexibility index (Phi) is 4.82. The lowest BCUT2D eigenvalue weighted by Crippen LogP contribution is -1.92. The van der Waals surface area contributed by atoms with Crippen molar-refractivity contribution in [2.24, 2.45) is 0 Å². The minimum atomic E-state index is 0.822. The van der Waals surface area contributed by atoms with Crippen LogP contribution in [0.4, 0.5) is 0 Å². The largest absolute Gasteiger partial charge is 0.240 e. The number of aryl methyl sites for hydroxylation is 4. The second-order valence-corrected chi connectivity index (χ2v) is 9.36. The van der Waals surface area contributed by atoms with Crippen LogP contribution in [0.3, 0.4) is 0 Å². The van der Waals surface area contributed by atoms with Crippen LogP contribution < -0.4 is 0 Å². The zero-order valence-electron chi connectivity index (χ0n) is 15.2. The summed E-state index contributed by atoms with van der Waals surface area (Å²) in [5.41, 5.74) is 4.85. The molecule has 0 N–H and O–H groups in total. The molecule has 3 nitrogen and oxygen atoms in total. The molecule has 3 aromatic heterocycles. The van der Waals surface area contributed by atoms with E-state index in [1.165, 1.54) is 27.0 Å². The minimum absolute atomic E-state index is 0.822. The molecular formula is C20H19N3S3. The molecule has 0 saturated carbocycles. The average Bonchev–Trinajstić information content (AvgIpc) is 3.19. The predicted octanol–water partition coefficient (Wildman–Crippen LogP) is 6.34. The Bertz CT molecular complexity index is 1080. The average molecular weight is 398 g/mol. The van der Waals surface area contributed by atoms with E-state index in [-0.39, 0.29) is 0 Å². The van der Waals surface area contributed by atoms with Crippen molar-refractivity contribution >= 4 is 44.7 Å². The monoisotopic (exact) mass is 397 g/mol. The lowest BCUT2D eigenvalue weighted by molar-refractivity contribution is 1.01. The highest BCUT2D eigenvalue weighted by molar-refractivity contribution is 7.98. The fourth-order valence-electron chi connectivity index (χ4n) is 2.76. The van der Waals surface area contributed by atoms with Crippen molar-refractivity contribution in [3.8, 4) is 10.6 Å². The van der Waals surface area contributed by atoms with Crippen molar-refractivity contribution in [2.45, 2.75) is 38.5 Å². The Hall–Kier alpha value is -1.76. The molecule has 0 radical (unpaired) electrons. The van der Waals surface area contributed by atoms with Gasteiger partial charge in [0.15, 0.2) is 0 Å². The first-order valence-electron chi connectivity index (χ1n) is 8.40. The van der Waals surface area contributed by atoms with E-state index >= 15 is 0 Å². The maximum absolute atomic E-state index is 4.81. The molecule has 0 aliphatic carbocycles. The fraction of sp³-hybridized carbons (Fsp3) is 0.250. The van der Waals surface area contributed by atoms with Gasteiger partial charge >= 0.3 is 0 Å². The number of benzene rings is 1. The summed E-state index contributed by atoms with van der Waals surface area (Å²) in [6.45, 7) is 8.38. The molecule has 6 heteroatoms. The summed E-state index contributed by atoms with van der Waals surface area (Å²) in [6, 6.07) is 8.54. The molecule has 132 valence electrons. The number of thioether (sulfide) groups is 1. The standard InChI is InChI=1S/C20H19N3S3/c1-11-5-7-15(8-6-11)18-23-16(9-24-18)10-25-19-17-12(2)13(3)26-20(17)22-14(4)21-19/h5-9H,10H2,1-4H3. The van der Waals surface area contributed by atoms with Crippen LogP contribution in [0.5, 0.6) is 0 Å². The summed E-state index contributed by atoms with van der Waals surface area (Å²) < 4.78 is 0. The van der Waals surface area contributed by atoms with Gasteiger partial charge < -0.3 is 0 Å². The van der Waals surface area contributed by atoms with Crippen molar-refractivity contribution in [3.63, 3.8) is 0 Å². The normalized spacial score (nSPS) is 11.4. The maximum atomic E-state index is 4.81. The topological polar surface area (TPSA) is 38.7 Å². The van der Waals surface area contributed by atoms with Crippen LogP contribution in [0.25, 0.3) is 20.8 Å². The summed E-state index contributed by atoms with van der Waals surface area (Å²) in [7, 11) is 0. The van der Waals surface area contributed by atoms with Crippen LogP contribution in [0, 0.1) is 27.7 Å². The lowest BCUT2D eigenvalue weighted by Gasteiger charge is -2.04. The summed E-state index contributed by atoms with van der Waals surface area (Å²) in [6.07, 6.45) is 0. The molecule has 0 atom stereocenters. The molecule has 0 bridgehead atoms. The van der Waals surface area contributed by atoms with Gasteiger partial charge in [-0.3, -0.25) is 0 Å². The second-order valence-electron chi connectivity index (χ2n) is 6.34. The van der Waals surface area contributed by atoms with Gasteiger partial charge in [0.1, 0.15) is 20.7 Å². The molecule has 0 amide bonds. The molecule has 3 heterocycles. The van der Waals surface area contributed by atoms with Crippen LogP contribution in [0.1, 0.15) is 27.5 Å². The molecule has 0 spiro atoms. The molecule has 4 aromatic rings. The third kappa shape index (κ3) is 3.41. The smallest absolute Gasteiger partial charge is 0.128 e. The zero-order valence-corrected chi connectivity index (χ0v) is 17.6. The third-order valence-electron chi connectivity index (χ3n) is 4.31. The van der Waals surface area contributed by atoms with Gasteiger partial charge in [0.25, 0.3) is 0 Å². The first kappa shape index (κ1) is 17.6. The Balaban J connectivity index is 1.58. The SMILES string of the molecule is Cc1ccc(-c2nc(CSc3nc(C)nc4sc(C)c(C)c34)cs2)cc1. The molecule has 26 heavy (non-hydrogen) atoms. The molecule has 0 saturated heterocycles. The molecule has 1 aromatic carbocycles. The number of hydrogen-bond donors (Lipinski definition) is 0. The Morgan fingerprint density at radius 3 is 2.50 bits per heavy atom. The van der Waals surface area contributed by atoms with E-state index < -0.39 is 0 Å². The van der Waals surface area contributed by atoms with Crippen LogP contribution >= 0.6 is 34.4 Å². The highest BCUT2D eigenvalue weighted by Gasteiger charge is 2.14. The summed E-state index contributed by atoms with van der Waals surface area (Å²) in [5.74, 6) is 1.65. The first-order valence-corrected chi connectivity index (χ1v) is 11.1. The zero-order chi connectivity index (χ0) is 18.3. The Labute approximate surface area is 165 Å². The molecule has 4 rings (SSSR count). The van der Waals surface area contributed by atoms with E-state index in [0.717, 1.165) is 32.1 Å². The van der Waals surface area contributed by atoms with Gasteiger partial charge in [-0.1, -0.05) is 41.6 Å². The Morgan fingerprint density at radius 2 is 1.73 bits per heavy atom.